The molecule has 1 aliphatic rings. The normalized spacial score (nSPS) is 14.1. The number of rotatable bonds is 32. The largest absolute Gasteiger partial charge is 0.396 e. The molecule has 1 rings (SSSR count). The van der Waals surface area contributed by atoms with E-state index in [1.165, 1.54) is 167 Å². The molecule has 0 aliphatic heterocycles. The van der Waals surface area contributed by atoms with Crippen LogP contribution in [0.2, 0.25) is 0 Å². The second-order valence-corrected chi connectivity index (χ2v) is 13.1. The molecule has 1 saturated carbocycles. The average Bonchev–Trinajstić information content (AvgIpc) is 3.74. The first-order valence-corrected chi connectivity index (χ1v) is 18.1. The molecule has 0 atom stereocenters. The molecule has 0 aromatic carbocycles. The maximum Gasteiger partial charge on any atom is 0.226 e. The van der Waals surface area contributed by atoms with Gasteiger partial charge in [0.2, 0.25) is 5.91 Å². The van der Waals surface area contributed by atoms with Crippen LogP contribution in [-0.4, -0.2) is 24.2 Å². The van der Waals surface area contributed by atoms with E-state index in [1.807, 2.05) is 0 Å². The Balaban J connectivity index is 1.80. The van der Waals surface area contributed by atoms with Crippen LogP contribution in [0, 0.1) is 5.41 Å². The van der Waals surface area contributed by atoms with Gasteiger partial charge in [0.25, 0.3) is 0 Å². The van der Waals surface area contributed by atoms with Gasteiger partial charge in [-0.25, -0.2) is 0 Å². The molecule has 39 heavy (non-hydrogen) atoms. The minimum absolute atomic E-state index is 0.0219. The van der Waals surface area contributed by atoms with Crippen LogP contribution < -0.4 is 5.32 Å². The zero-order valence-electron chi connectivity index (χ0n) is 26.7. The number of hydrogen-bond acceptors (Lipinski definition) is 2. The zero-order chi connectivity index (χ0) is 28.1. The van der Waals surface area contributed by atoms with Crippen LogP contribution in [0.5, 0.6) is 0 Å². The van der Waals surface area contributed by atoms with Crippen LogP contribution in [0.15, 0.2) is 0 Å². The van der Waals surface area contributed by atoms with Crippen molar-refractivity contribution in [2.75, 3.05) is 13.2 Å². The lowest BCUT2D eigenvalue weighted by molar-refractivity contribution is -0.126. The Morgan fingerprint density at radius 1 is 0.513 bits per heavy atom. The fourth-order valence-corrected chi connectivity index (χ4v) is 6.15. The minimum Gasteiger partial charge on any atom is -0.396 e. The number of carbonyl (C=O) groups is 1. The summed E-state index contributed by atoms with van der Waals surface area (Å²) in [6, 6.07) is 0. The molecule has 0 unspecified atom stereocenters. The van der Waals surface area contributed by atoms with E-state index < -0.39 is 0 Å². The first-order chi connectivity index (χ1) is 19.2. The molecule has 3 nitrogen and oxygen atoms in total. The van der Waals surface area contributed by atoms with E-state index in [1.54, 1.807) is 0 Å². The molecule has 1 aliphatic carbocycles. The highest BCUT2D eigenvalue weighted by Crippen LogP contribution is 2.50. The summed E-state index contributed by atoms with van der Waals surface area (Å²) in [5, 5.41) is 12.1. The number of unbranched alkanes of at least 4 members (excludes halogenated alkanes) is 26. The lowest BCUT2D eigenvalue weighted by Crippen LogP contribution is -2.32. The maximum atomic E-state index is 12.7. The summed E-state index contributed by atoms with van der Waals surface area (Å²) in [5.74, 6) is 0.366. The molecule has 2 N–H and O–H groups in total. The Bertz CT molecular complexity index is 516. The molecule has 1 fully saturated rings. The highest BCUT2D eigenvalue weighted by atomic mass is 16.2. The minimum atomic E-state index is 0.0219. The predicted molar refractivity (Wildman–Crippen MR) is 171 cm³/mol. The second-order valence-electron chi connectivity index (χ2n) is 13.1. The third kappa shape index (κ3) is 22.8. The molecule has 232 valence electrons. The topological polar surface area (TPSA) is 49.3 Å². The standard InChI is InChI=1S/C36H71NO2/c1-2-3-4-5-6-7-8-9-13-16-19-22-25-28-33-37-35(39)36(31-32-36)30-27-24-21-18-15-12-10-11-14-17-20-23-26-29-34-38/h38H,2-34H2,1H3,(H,37,39). The van der Waals surface area contributed by atoms with Crippen molar-refractivity contribution >= 4 is 5.91 Å². The van der Waals surface area contributed by atoms with Crippen LogP contribution in [0.3, 0.4) is 0 Å². The molecular formula is C36H71NO2. The molecular weight excluding hydrogens is 478 g/mol. The van der Waals surface area contributed by atoms with Gasteiger partial charge in [0.15, 0.2) is 0 Å². The maximum absolute atomic E-state index is 12.7. The van der Waals surface area contributed by atoms with Crippen molar-refractivity contribution in [2.24, 2.45) is 5.41 Å². The van der Waals surface area contributed by atoms with Gasteiger partial charge in [0.05, 0.1) is 0 Å². The summed E-state index contributed by atoms with van der Waals surface area (Å²) in [6.07, 6.45) is 41.2. The van der Waals surface area contributed by atoms with Gasteiger partial charge in [-0.3, -0.25) is 4.79 Å². The molecule has 0 spiro atoms. The van der Waals surface area contributed by atoms with Crippen molar-refractivity contribution in [2.45, 2.75) is 206 Å². The molecule has 0 aromatic rings. The highest BCUT2D eigenvalue weighted by Gasteiger charge is 2.48. The van der Waals surface area contributed by atoms with Crippen LogP contribution in [0.4, 0.5) is 0 Å². The summed E-state index contributed by atoms with van der Waals surface area (Å²) >= 11 is 0. The number of nitrogens with one attached hydrogen (secondary N) is 1. The monoisotopic (exact) mass is 550 g/mol. The summed E-state index contributed by atoms with van der Waals surface area (Å²) in [4.78, 5) is 12.7. The molecule has 0 radical (unpaired) electrons. The van der Waals surface area contributed by atoms with E-state index in [-0.39, 0.29) is 5.41 Å². The van der Waals surface area contributed by atoms with Crippen molar-refractivity contribution in [1.82, 2.24) is 5.32 Å². The van der Waals surface area contributed by atoms with Crippen molar-refractivity contribution in [3.63, 3.8) is 0 Å². The highest BCUT2D eigenvalue weighted by molar-refractivity contribution is 5.85. The second kappa shape index (κ2) is 27.6. The van der Waals surface area contributed by atoms with Crippen LogP contribution >= 0.6 is 0 Å². The van der Waals surface area contributed by atoms with Gasteiger partial charge in [0, 0.05) is 18.6 Å². The Morgan fingerprint density at radius 2 is 0.846 bits per heavy atom. The van der Waals surface area contributed by atoms with Gasteiger partial charge >= 0.3 is 0 Å². The average molecular weight is 550 g/mol. The van der Waals surface area contributed by atoms with E-state index >= 15 is 0 Å². The predicted octanol–water partition coefficient (Wildman–Crippen LogP) is 11.2. The fourth-order valence-electron chi connectivity index (χ4n) is 6.15. The van der Waals surface area contributed by atoms with Crippen molar-refractivity contribution in [3.05, 3.63) is 0 Å². The third-order valence-electron chi connectivity index (χ3n) is 9.21. The van der Waals surface area contributed by atoms with Gasteiger partial charge in [0.1, 0.15) is 0 Å². The lowest BCUT2D eigenvalue weighted by atomic mass is 9.96. The van der Waals surface area contributed by atoms with E-state index in [0.29, 0.717) is 12.5 Å². The van der Waals surface area contributed by atoms with Crippen LogP contribution in [-0.2, 0) is 4.79 Å². The van der Waals surface area contributed by atoms with E-state index in [9.17, 15) is 4.79 Å². The van der Waals surface area contributed by atoms with Gasteiger partial charge in [-0.05, 0) is 32.1 Å². The quantitative estimate of drug-likeness (QED) is 0.0820. The number of carbonyl (C=O) groups excluding carboxylic acids is 1. The number of amides is 1. The lowest BCUT2D eigenvalue weighted by Gasteiger charge is -2.15. The van der Waals surface area contributed by atoms with Crippen molar-refractivity contribution in [3.8, 4) is 0 Å². The van der Waals surface area contributed by atoms with Crippen LogP contribution in [0.25, 0.3) is 0 Å². The third-order valence-corrected chi connectivity index (χ3v) is 9.21. The SMILES string of the molecule is CCCCCCCCCCCCCCCCNC(=O)C1(CCCCCCCCCCCCCCCCO)CC1. The van der Waals surface area contributed by atoms with Gasteiger partial charge < -0.3 is 10.4 Å². The van der Waals surface area contributed by atoms with E-state index in [2.05, 4.69) is 12.2 Å². The summed E-state index contributed by atoms with van der Waals surface area (Å²) < 4.78 is 0. The molecule has 0 saturated heterocycles. The summed E-state index contributed by atoms with van der Waals surface area (Å²) in [5.41, 5.74) is 0.0219. The zero-order valence-corrected chi connectivity index (χ0v) is 26.7. The van der Waals surface area contributed by atoms with Crippen molar-refractivity contribution in [1.29, 1.82) is 0 Å². The summed E-state index contributed by atoms with van der Waals surface area (Å²) in [7, 11) is 0. The molecule has 3 heteroatoms. The van der Waals surface area contributed by atoms with Gasteiger partial charge in [-0.15, -0.1) is 0 Å². The first-order valence-electron chi connectivity index (χ1n) is 18.1. The van der Waals surface area contributed by atoms with Crippen LogP contribution in [0.1, 0.15) is 206 Å². The number of hydrogen-bond donors (Lipinski definition) is 2. The molecule has 0 bridgehead atoms. The Labute approximate surface area is 245 Å². The summed E-state index contributed by atoms with van der Waals surface area (Å²) in [6.45, 7) is 3.54. The van der Waals surface area contributed by atoms with E-state index in [0.717, 1.165) is 38.6 Å². The Kier molecular flexibility index (Phi) is 25.8. The molecule has 0 heterocycles. The van der Waals surface area contributed by atoms with E-state index in [4.69, 9.17) is 5.11 Å². The number of aliphatic hydroxyl groups is 1. The Hall–Kier alpha value is -0.570. The smallest absolute Gasteiger partial charge is 0.226 e. The van der Waals surface area contributed by atoms with Gasteiger partial charge in [-0.1, -0.05) is 174 Å². The first kappa shape index (κ1) is 36.5. The van der Waals surface area contributed by atoms with Crippen molar-refractivity contribution < 1.29 is 9.90 Å². The number of aliphatic hydroxyl groups excluding tert-OH is 1. The molecule has 0 aromatic heterocycles. The molecule has 1 amide bonds. The fraction of sp³-hybridized carbons (Fsp3) is 0.972. The van der Waals surface area contributed by atoms with Gasteiger partial charge in [-0.2, -0.15) is 0 Å². The Morgan fingerprint density at radius 3 is 1.21 bits per heavy atom.